The lowest BCUT2D eigenvalue weighted by Gasteiger charge is -2.14. The summed E-state index contributed by atoms with van der Waals surface area (Å²) in [6.45, 7) is 1.75. The minimum Gasteiger partial charge on any atom is -0.496 e. The zero-order chi connectivity index (χ0) is 25.0. The molecule has 0 radical (unpaired) electrons. The van der Waals surface area contributed by atoms with E-state index in [9.17, 15) is 13.2 Å². The second-order valence-corrected chi connectivity index (χ2v) is 7.98. The van der Waals surface area contributed by atoms with Crippen LogP contribution >= 0.6 is 11.6 Å². The Hall–Kier alpha value is -3.53. The van der Waals surface area contributed by atoms with E-state index in [1.165, 1.54) is 12.1 Å². The first-order valence-electron chi connectivity index (χ1n) is 10.6. The van der Waals surface area contributed by atoms with Crippen LogP contribution in [0.1, 0.15) is 36.1 Å². The summed E-state index contributed by atoms with van der Waals surface area (Å²) in [7, 11) is 1.54. The third-order valence-corrected chi connectivity index (χ3v) is 5.48. The van der Waals surface area contributed by atoms with Crippen LogP contribution in [0.2, 0.25) is 0 Å². The smallest absolute Gasteiger partial charge is 0.496 e. The van der Waals surface area contributed by atoms with Crippen LogP contribution in [-0.2, 0) is 0 Å². The first-order valence-corrected chi connectivity index (χ1v) is 11.2. The number of oxazole rings is 1. The van der Waals surface area contributed by atoms with Gasteiger partial charge in [-0.2, -0.15) is 0 Å². The molecule has 0 aliphatic rings. The molecule has 2 aromatic heterocycles. The minimum absolute atomic E-state index is 0.270. The molecule has 0 amide bonds. The molecule has 0 aliphatic heterocycles. The number of ether oxygens (including phenoxy) is 2. The molecule has 35 heavy (non-hydrogen) atoms. The summed E-state index contributed by atoms with van der Waals surface area (Å²) in [6.07, 6.45) is -1.93. The second kappa shape index (κ2) is 10.4. The van der Waals surface area contributed by atoms with E-state index in [0.29, 0.717) is 53.1 Å². The Morgan fingerprint density at radius 3 is 2.46 bits per heavy atom. The number of nitrogens with zero attached hydrogens (tertiary/aromatic N) is 3. The van der Waals surface area contributed by atoms with Gasteiger partial charge in [-0.1, -0.05) is 12.1 Å². The summed E-state index contributed by atoms with van der Waals surface area (Å²) in [5.74, 6) is 1.98. The summed E-state index contributed by atoms with van der Waals surface area (Å²) in [4.78, 5) is 4.11. The van der Waals surface area contributed by atoms with Gasteiger partial charge in [0, 0.05) is 18.4 Å². The van der Waals surface area contributed by atoms with E-state index in [2.05, 4.69) is 19.9 Å². The maximum absolute atomic E-state index is 12.5. The molecular formula is C24H21ClF3N3O4. The third-order valence-electron chi connectivity index (χ3n) is 5.22. The zero-order valence-electron chi connectivity index (χ0n) is 18.8. The van der Waals surface area contributed by atoms with Gasteiger partial charge >= 0.3 is 6.36 Å². The predicted molar refractivity (Wildman–Crippen MR) is 121 cm³/mol. The quantitative estimate of drug-likeness (QED) is 0.231. The van der Waals surface area contributed by atoms with Gasteiger partial charge in [0.15, 0.2) is 11.7 Å². The predicted octanol–water partition coefficient (Wildman–Crippen LogP) is 6.76. The molecule has 0 saturated heterocycles. The third kappa shape index (κ3) is 5.94. The fourth-order valence-electron chi connectivity index (χ4n) is 3.62. The summed E-state index contributed by atoms with van der Waals surface area (Å²) in [5, 5.41) is 8.38. The summed E-state index contributed by atoms with van der Waals surface area (Å²) in [6, 6.07) is 10.9. The van der Waals surface area contributed by atoms with Crippen LogP contribution in [0.25, 0.3) is 22.8 Å². The van der Waals surface area contributed by atoms with Crippen molar-refractivity contribution in [3.05, 3.63) is 66.0 Å². The van der Waals surface area contributed by atoms with E-state index in [1.54, 1.807) is 44.5 Å². The fraction of sp³-hybridized carbons (Fsp3) is 0.292. The monoisotopic (exact) mass is 507 g/mol. The number of alkyl halides is 4. The number of rotatable bonds is 9. The molecule has 2 aromatic carbocycles. The molecule has 1 atom stereocenters. The van der Waals surface area contributed by atoms with Crippen LogP contribution < -0.4 is 9.47 Å². The van der Waals surface area contributed by atoms with Gasteiger partial charge in [0.1, 0.15) is 11.5 Å². The topological polar surface area (TPSA) is 83.4 Å². The minimum atomic E-state index is -4.76. The molecule has 1 unspecified atom stereocenters. The van der Waals surface area contributed by atoms with Crippen molar-refractivity contribution in [2.75, 3.05) is 13.0 Å². The highest BCUT2D eigenvalue weighted by Crippen LogP contribution is 2.36. The molecule has 184 valence electrons. The molecule has 0 spiro atoms. The maximum Gasteiger partial charge on any atom is 0.573 e. The Morgan fingerprint density at radius 2 is 1.83 bits per heavy atom. The number of hydrogen-bond acceptors (Lipinski definition) is 7. The lowest BCUT2D eigenvalue weighted by Crippen LogP contribution is -2.17. The van der Waals surface area contributed by atoms with E-state index in [0.717, 1.165) is 5.56 Å². The summed E-state index contributed by atoms with van der Waals surface area (Å²) >= 11 is 5.88. The molecule has 0 aliphatic carbocycles. The Bertz CT molecular complexity index is 1270. The highest BCUT2D eigenvalue weighted by Gasteiger charge is 2.31. The Balaban J connectivity index is 1.61. The first kappa shape index (κ1) is 24.6. The number of halogens is 4. The molecule has 7 nitrogen and oxygen atoms in total. The molecule has 0 fully saturated rings. The van der Waals surface area contributed by atoms with E-state index >= 15 is 0 Å². The number of methoxy groups -OCH3 is 1. The number of aromatic nitrogens is 3. The molecule has 4 aromatic rings. The van der Waals surface area contributed by atoms with Gasteiger partial charge in [0.2, 0.25) is 11.8 Å². The molecule has 4 rings (SSSR count). The van der Waals surface area contributed by atoms with Crippen LogP contribution in [0.3, 0.4) is 0 Å². The lowest BCUT2D eigenvalue weighted by molar-refractivity contribution is -0.274. The van der Waals surface area contributed by atoms with Gasteiger partial charge in [0.05, 0.1) is 24.8 Å². The molecular weight excluding hydrogens is 487 g/mol. The van der Waals surface area contributed by atoms with Crippen molar-refractivity contribution in [3.63, 3.8) is 0 Å². The second-order valence-electron chi connectivity index (χ2n) is 7.60. The van der Waals surface area contributed by atoms with Gasteiger partial charge in [0.25, 0.3) is 0 Å². The van der Waals surface area contributed by atoms with Crippen LogP contribution in [0.4, 0.5) is 13.2 Å². The average Bonchev–Trinajstić information content (AvgIpc) is 3.48. The Kier molecular flexibility index (Phi) is 7.30. The van der Waals surface area contributed by atoms with Crippen LogP contribution in [0, 0.1) is 6.92 Å². The molecule has 0 bridgehead atoms. The van der Waals surface area contributed by atoms with E-state index in [4.69, 9.17) is 25.2 Å². The number of hydrogen-bond donors (Lipinski definition) is 0. The summed E-state index contributed by atoms with van der Waals surface area (Å²) < 4.78 is 58.5. The highest BCUT2D eigenvalue weighted by molar-refractivity contribution is 6.17. The van der Waals surface area contributed by atoms with Gasteiger partial charge in [-0.3, -0.25) is 0 Å². The maximum atomic E-state index is 12.5. The van der Waals surface area contributed by atoms with E-state index in [-0.39, 0.29) is 17.6 Å². The van der Waals surface area contributed by atoms with Gasteiger partial charge in [-0.25, -0.2) is 4.98 Å². The Labute approximate surface area is 203 Å². The van der Waals surface area contributed by atoms with Crippen molar-refractivity contribution < 1.29 is 31.5 Å². The SMILES string of the molecule is COc1cc(-c2nnc(C(CCCCl)c3ccc(OC(F)(F)F)cc3)o2)ccc1-c1cnc(C)o1. The number of aryl methyl sites for hydroxylation is 1. The normalized spacial score (nSPS) is 12.5. The molecule has 2 heterocycles. The van der Waals surface area contributed by atoms with Gasteiger partial charge in [-0.05, 0) is 48.7 Å². The fourth-order valence-corrected chi connectivity index (χ4v) is 3.78. The lowest BCUT2D eigenvalue weighted by atomic mass is 9.94. The standard InChI is InChI=1S/C24H21ClF3N3O4/c1-14-29-13-21(33-14)19-10-7-16(12-20(19)32-2)22-30-31-23(34-22)18(4-3-11-25)15-5-8-17(9-6-15)35-24(26,27)28/h5-10,12-13,18H,3-4,11H2,1-2H3. The van der Waals surface area contributed by atoms with Gasteiger partial charge in [-0.15, -0.1) is 35.0 Å². The van der Waals surface area contributed by atoms with Crippen molar-refractivity contribution in [1.29, 1.82) is 0 Å². The Morgan fingerprint density at radius 1 is 1.06 bits per heavy atom. The summed E-state index contributed by atoms with van der Waals surface area (Å²) in [5.41, 5.74) is 2.05. The van der Waals surface area contributed by atoms with E-state index < -0.39 is 6.36 Å². The van der Waals surface area contributed by atoms with Crippen LogP contribution in [-0.4, -0.2) is 34.5 Å². The molecule has 0 saturated carbocycles. The van der Waals surface area contributed by atoms with Gasteiger partial charge < -0.3 is 18.3 Å². The molecule has 0 N–H and O–H groups in total. The first-order chi connectivity index (χ1) is 16.8. The van der Waals surface area contributed by atoms with Crippen LogP contribution in [0.15, 0.2) is 57.5 Å². The highest BCUT2D eigenvalue weighted by atomic mass is 35.5. The van der Waals surface area contributed by atoms with Crippen molar-refractivity contribution in [2.45, 2.75) is 32.0 Å². The molecule has 11 heteroatoms. The zero-order valence-corrected chi connectivity index (χ0v) is 19.6. The van der Waals surface area contributed by atoms with Crippen molar-refractivity contribution in [2.24, 2.45) is 0 Å². The van der Waals surface area contributed by atoms with Crippen molar-refractivity contribution >= 4 is 11.6 Å². The van der Waals surface area contributed by atoms with E-state index in [1.807, 2.05) is 6.07 Å². The number of benzene rings is 2. The largest absolute Gasteiger partial charge is 0.573 e. The van der Waals surface area contributed by atoms with Crippen molar-refractivity contribution in [3.8, 4) is 34.3 Å². The average molecular weight is 508 g/mol. The van der Waals surface area contributed by atoms with Crippen molar-refractivity contribution in [1.82, 2.24) is 15.2 Å². The van der Waals surface area contributed by atoms with Crippen LogP contribution in [0.5, 0.6) is 11.5 Å².